The molecule has 0 spiro atoms. The lowest BCUT2D eigenvalue weighted by atomic mass is 10.2. The third kappa shape index (κ3) is 3.41. The number of halogens is 3. The third-order valence-electron chi connectivity index (χ3n) is 2.49. The smallest absolute Gasteiger partial charge is 0.142 e. The van der Waals surface area contributed by atoms with Gasteiger partial charge >= 0.3 is 0 Å². The first-order chi connectivity index (χ1) is 8.70. The largest absolute Gasteiger partial charge is 0.487 e. The van der Waals surface area contributed by atoms with Gasteiger partial charge in [-0.25, -0.2) is 0 Å². The number of hydrogen-bond acceptors (Lipinski definition) is 1. The van der Waals surface area contributed by atoms with Gasteiger partial charge in [-0.2, -0.15) is 0 Å². The molecule has 2 aromatic carbocycles. The second-order valence-corrected chi connectivity index (χ2v) is 5.18. The Balaban J connectivity index is 2.12. The van der Waals surface area contributed by atoms with E-state index in [9.17, 15) is 0 Å². The average Bonchev–Trinajstić information content (AvgIpc) is 2.39. The lowest BCUT2D eigenvalue weighted by Crippen LogP contribution is -1.98. The molecule has 0 radical (unpaired) electrons. The zero-order valence-corrected chi connectivity index (χ0v) is 12.6. The van der Waals surface area contributed by atoms with Crippen molar-refractivity contribution in [2.24, 2.45) is 0 Å². The molecule has 0 bridgehead atoms. The summed E-state index contributed by atoms with van der Waals surface area (Å²) in [6.45, 7) is 0.473. The summed E-state index contributed by atoms with van der Waals surface area (Å²) in [5.74, 6) is 0.728. The Morgan fingerprint density at radius 1 is 1.00 bits per heavy atom. The molecule has 18 heavy (non-hydrogen) atoms. The lowest BCUT2D eigenvalue weighted by Gasteiger charge is -2.11. The lowest BCUT2D eigenvalue weighted by molar-refractivity contribution is 0.304. The second-order valence-electron chi connectivity index (χ2n) is 3.78. The molecule has 2 aromatic rings. The fourth-order valence-corrected chi connectivity index (χ4v) is 2.37. The molecule has 0 unspecified atom stereocenters. The summed E-state index contributed by atoms with van der Waals surface area (Å²) in [7, 11) is 0. The summed E-state index contributed by atoms with van der Waals surface area (Å²) in [6, 6.07) is 13.3. The van der Waals surface area contributed by atoms with Crippen LogP contribution in [0.4, 0.5) is 0 Å². The Hall–Kier alpha value is -0.700. The summed E-state index contributed by atoms with van der Waals surface area (Å²) in [5, 5.41) is 2.06. The summed E-state index contributed by atoms with van der Waals surface area (Å²) in [4.78, 5) is 0. The average molecular weight is 346 g/mol. The van der Waals surface area contributed by atoms with Crippen molar-refractivity contribution in [3.63, 3.8) is 0 Å². The van der Waals surface area contributed by atoms with Crippen molar-refractivity contribution in [1.82, 2.24) is 0 Å². The van der Waals surface area contributed by atoms with E-state index in [1.54, 1.807) is 0 Å². The second kappa shape index (κ2) is 6.46. The highest BCUT2D eigenvalue weighted by molar-refractivity contribution is 9.08. The van der Waals surface area contributed by atoms with Crippen LogP contribution in [0.1, 0.15) is 11.1 Å². The Morgan fingerprint density at radius 2 is 1.72 bits per heavy atom. The Morgan fingerprint density at radius 3 is 2.39 bits per heavy atom. The van der Waals surface area contributed by atoms with E-state index in [1.165, 1.54) is 0 Å². The molecule has 0 N–H and O–H groups in total. The molecule has 0 aromatic heterocycles. The number of rotatable bonds is 4. The van der Waals surface area contributed by atoms with Crippen molar-refractivity contribution in [1.29, 1.82) is 0 Å². The molecule has 2 rings (SSSR count). The third-order valence-corrected chi connectivity index (χ3v) is 3.64. The van der Waals surface area contributed by atoms with E-state index in [1.807, 2.05) is 42.5 Å². The van der Waals surface area contributed by atoms with Crippen LogP contribution in [0.25, 0.3) is 0 Å². The monoisotopic (exact) mass is 344 g/mol. The molecule has 0 saturated heterocycles. The standard InChI is InChI=1S/C14H11BrCl2O/c15-8-11-2-1-3-13(17)14(11)18-9-10-4-6-12(16)7-5-10/h1-7H,8-9H2. The molecule has 0 aliphatic heterocycles. The topological polar surface area (TPSA) is 9.23 Å². The molecule has 1 nitrogen and oxygen atoms in total. The SMILES string of the molecule is Clc1ccc(COc2c(Cl)cccc2CBr)cc1. The highest BCUT2D eigenvalue weighted by atomic mass is 79.9. The quantitative estimate of drug-likeness (QED) is 0.668. The number of ether oxygens (including phenoxy) is 1. The van der Waals surface area contributed by atoms with Gasteiger partial charge in [-0.3, -0.25) is 0 Å². The molecule has 0 fully saturated rings. The highest BCUT2D eigenvalue weighted by Gasteiger charge is 2.07. The normalized spacial score (nSPS) is 10.4. The van der Waals surface area contributed by atoms with Crippen molar-refractivity contribution in [2.75, 3.05) is 0 Å². The van der Waals surface area contributed by atoms with Gasteiger partial charge in [-0.1, -0.05) is 63.4 Å². The van der Waals surface area contributed by atoms with Gasteiger partial charge < -0.3 is 4.74 Å². The van der Waals surface area contributed by atoms with Crippen LogP contribution in [-0.4, -0.2) is 0 Å². The molecule has 0 saturated carbocycles. The molecule has 0 aliphatic rings. The van der Waals surface area contributed by atoms with E-state index in [2.05, 4.69) is 15.9 Å². The van der Waals surface area contributed by atoms with E-state index in [0.29, 0.717) is 17.0 Å². The van der Waals surface area contributed by atoms with Gasteiger partial charge in [0, 0.05) is 15.9 Å². The summed E-state index contributed by atoms with van der Waals surface area (Å²) in [5.41, 5.74) is 2.09. The van der Waals surface area contributed by atoms with Gasteiger partial charge in [0.05, 0.1) is 5.02 Å². The summed E-state index contributed by atoms with van der Waals surface area (Å²) >= 11 is 15.4. The van der Waals surface area contributed by atoms with Crippen molar-refractivity contribution in [2.45, 2.75) is 11.9 Å². The van der Waals surface area contributed by atoms with Crippen LogP contribution in [0.2, 0.25) is 10.0 Å². The van der Waals surface area contributed by atoms with Crippen LogP contribution in [0.5, 0.6) is 5.75 Å². The van der Waals surface area contributed by atoms with Gasteiger partial charge in [0.1, 0.15) is 12.4 Å². The van der Waals surface area contributed by atoms with Gasteiger partial charge in [-0.05, 0) is 23.8 Å². The van der Waals surface area contributed by atoms with Crippen LogP contribution in [0.3, 0.4) is 0 Å². The minimum atomic E-state index is 0.473. The molecular weight excluding hydrogens is 335 g/mol. The van der Waals surface area contributed by atoms with E-state index in [0.717, 1.165) is 21.9 Å². The fourth-order valence-electron chi connectivity index (χ4n) is 1.56. The predicted molar refractivity (Wildman–Crippen MR) is 79.9 cm³/mol. The van der Waals surface area contributed by atoms with E-state index >= 15 is 0 Å². The first-order valence-electron chi connectivity index (χ1n) is 5.41. The van der Waals surface area contributed by atoms with Crippen LogP contribution in [-0.2, 0) is 11.9 Å². The predicted octanol–water partition coefficient (Wildman–Crippen LogP) is 5.47. The van der Waals surface area contributed by atoms with E-state index < -0.39 is 0 Å². The van der Waals surface area contributed by atoms with Crippen LogP contribution < -0.4 is 4.74 Å². The van der Waals surface area contributed by atoms with Gasteiger partial charge in [0.25, 0.3) is 0 Å². The summed E-state index contributed by atoms with van der Waals surface area (Å²) in [6.07, 6.45) is 0. The molecule has 0 amide bonds. The van der Waals surface area contributed by atoms with Crippen molar-refractivity contribution in [3.05, 3.63) is 63.6 Å². The zero-order valence-electron chi connectivity index (χ0n) is 9.50. The van der Waals surface area contributed by atoms with Crippen LogP contribution in [0.15, 0.2) is 42.5 Å². The van der Waals surface area contributed by atoms with Crippen LogP contribution >= 0.6 is 39.1 Å². The number of benzene rings is 2. The summed E-state index contributed by atoms with van der Waals surface area (Å²) < 4.78 is 5.78. The van der Waals surface area contributed by atoms with Gasteiger partial charge in [-0.15, -0.1) is 0 Å². The number of alkyl halides is 1. The van der Waals surface area contributed by atoms with Crippen molar-refractivity contribution < 1.29 is 4.74 Å². The molecule has 0 aliphatic carbocycles. The van der Waals surface area contributed by atoms with Crippen molar-refractivity contribution in [3.8, 4) is 5.75 Å². The number of hydrogen-bond donors (Lipinski definition) is 0. The van der Waals surface area contributed by atoms with E-state index in [-0.39, 0.29) is 0 Å². The fraction of sp³-hybridized carbons (Fsp3) is 0.143. The van der Waals surface area contributed by atoms with Crippen molar-refractivity contribution >= 4 is 39.1 Å². The molecule has 4 heteroatoms. The van der Waals surface area contributed by atoms with E-state index in [4.69, 9.17) is 27.9 Å². The Kier molecular flexibility index (Phi) is 4.93. The van der Waals surface area contributed by atoms with Gasteiger partial charge in [0.2, 0.25) is 0 Å². The molecule has 0 heterocycles. The maximum absolute atomic E-state index is 6.13. The molecule has 0 atom stereocenters. The maximum Gasteiger partial charge on any atom is 0.142 e. The Bertz CT molecular complexity index is 526. The first-order valence-corrected chi connectivity index (χ1v) is 7.29. The zero-order chi connectivity index (χ0) is 13.0. The molecular formula is C14H11BrCl2O. The number of para-hydroxylation sites is 1. The van der Waals surface area contributed by atoms with Gasteiger partial charge in [0.15, 0.2) is 0 Å². The first kappa shape index (κ1) is 13.7. The maximum atomic E-state index is 6.13. The minimum Gasteiger partial charge on any atom is -0.487 e. The molecule has 94 valence electrons. The minimum absolute atomic E-state index is 0.473. The Labute approximate surface area is 125 Å². The van der Waals surface area contributed by atoms with Crippen LogP contribution in [0, 0.1) is 0 Å². The highest BCUT2D eigenvalue weighted by Crippen LogP contribution is 2.30.